The van der Waals surface area contributed by atoms with Crippen molar-refractivity contribution in [3.63, 3.8) is 0 Å². The lowest BCUT2D eigenvalue weighted by Crippen LogP contribution is -2.35. The number of H-pyrrole nitrogens is 1. The number of nitrogens with zero attached hydrogens (tertiary/aromatic N) is 1. The summed E-state index contributed by atoms with van der Waals surface area (Å²) in [5.41, 5.74) is 2.26. The normalized spacial score (nSPS) is 25.0. The Morgan fingerprint density at radius 1 is 1.47 bits per heavy atom. The van der Waals surface area contributed by atoms with Gasteiger partial charge in [-0.25, -0.2) is 0 Å². The second kappa shape index (κ2) is 3.39. The second-order valence-electron chi connectivity index (χ2n) is 4.37. The van der Waals surface area contributed by atoms with Crippen LogP contribution in [0.5, 0.6) is 0 Å². The van der Waals surface area contributed by atoms with Crippen LogP contribution in [0.3, 0.4) is 0 Å². The third kappa shape index (κ3) is 1.43. The first-order chi connectivity index (χ1) is 7.25. The van der Waals surface area contributed by atoms with Crippen molar-refractivity contribution < 1.29 is 0 Å². The highest BCUT2D eigenvalue weighted by Crippen LogP contribution is 2.35. The van der Waals surface area contributed by atoms with Gasteiger partial charge in [0.1, 0.15) is 0 Å². The van der Waals surface area contributed by atoms with Gasteiger partial charge in [-0.3, -0.25) is 9.69 Å². The standard InChI is InChI=1S/C11H14N2OS/c14-11-10-7(6-9(15)12-11)3-5-13-4-1-2-8(10)13/h6,8H,1-5H2,(H2,12,14,15). The first-order valence-electron chi connectivity index (χ1n) is 5.45. The molecule has 0 radical (unpaired) electrons. The fourth-order valence-electron chi connectivity index (χ4n) is 2.87. The van der Waals surface area contributed by atoms with Gasteiger partial charge in [0.25, 0.3) is 5.56 Å². The van der Waals surface area contributed by atoms with E-state index in [2.05, 4.69) is 22.5 Å². The molecule has 0 saturated carbocycles. The molecule has 0 amide bonds. The molecule has 0 spiro atoms. The van der Waals surface area contributed by atoms with Crippen molar-refractivity contribution in [1.82, 2.24) is 9.88 Å². The lowest BCUT2D eigenvalue weighted by molar-refractivity contribution is 0.241. The molecule has 3 nitrogen and oxygen atoms in total. The van der Waals surface area contributed by atoms with Crippen molar-refractivity contribution >= 4 is 12.6 Å². The van der Waals surface area contributed by atoms with Gasteiger partial charge in [-0.15, -0.1) is 12.6 Å². The molecule has 1 saturated heterocycles. The molecule has 2 aliphatic heterocycles. The van der Waals surface area contributed by atoms with Crippen LogP contribution >= 0.6 is 12.6 Å². The Bertz CT molecular complexity index is 454. The topological polar surface area (TPSA) is 36.1 Å². The Kier molecular flexibility index (Phi) is 2.14. The molecule has 0 aromatic carbocycles. The Morgan fingerprint density at radius 2 is 2.33 bits per heavy atom. The van der Waals surface area contributed by atoms with E-state index in [-0.39, 0.29) is 5.56 Å². The zero-order chi connectivity index (χ0) is 10.4. The number of pyridine rings is 1. The predicted molar refractivity (Wildman–Crippen MR) is 61.6 cm³/mol. The van der Waals surface area contributed by atoms with E-state index in [1.54, 1.807) is 0 Å². The van der Waals surface area contributed by atoms with E-state index < -0.39 is 0 Å². The maximum atomic E-state index is 11.9. The van der Waals surface area contributed by atoms with E-state index in [1.807, 2.05) is 6.07 Å². The average molecular weight is 222 g/mol. The summed E-state index contributed by atoms with van der Waals surface area (Å²) >= 11 is 4.22. The van der Waals surface area contributed by atoms with E-state index in [0.29, 0.717) is 11.1 Å². The monoisotopic (exact) mass is 222 g/mol. The molecule has 1 fully saturated rings. The SMILES string of the molecule is O=c1[nH]c(S)cc2c1C1CCCN1CC2. The first-order valence-corrected chi connectivity index (χ1v) is 5.89. The van der Waals surface area contributed by atoms with Gasteiger partial charge in [0.2, 0.25) is 0 Å². The molecule has 1 atom stereocenters. The van der Waals surface area contributed by atoms with E-state index in [9.17, 15) is 4.79 Å². The molecule has 1 aromatic heterocycles. The fraction of sp³-hybridized carbons (Fsp3) is 0.545. The van der Waals surface area contributed by atoms with Crippen LogP contribution in [-0.2, 0) is 6.42 Å². The number of rotatable bonds is 0. The lowest BCUT2D eigenvalue weighted by Gasteiger charge is -2.30. The summed E-state index contributed by atoms with van der Waals surface area (Å²) < 4.78 is 0. The van der Waals surface area contributed by atoms with Gasteiger partial charge in [-0.2, -0.15) is 0 Å². The van der Waals surface area contributed by atoms with Crippen LogP contribution in [0.15, 0.2) is 15.9 Å². The Labute approximate surface area is 93.9 Å². The quantitative estimate of drug-likeness (QED) is 0.650. The van der Waals surface area contributed by atoms with Crippen molar-refractivity contribution in [1.29, 1.82) is 0 Å². The highest BCUT2D eigenvalue weighted by atomic mass is 32.1. The summed E-state index contributed by atoms with van der Waals surface area (Å²) in [6.45, 7) is 2.24. The molecule has 0 bridgehead atoms. The van der Waals surface area contributed by atoms with Crippen LogP contribution in [0.1, 0.15) is 30.0 Å². The third-order valence-corrected chi connectivity index (χ3v) is 3.75. The molecule has 4 heteroatoms. The summed E-state index contributed by atoms with van der Waals surface area (Å²) in [6, 6.07) is 2.38. The van der Waals surface area contributed by atoms with Gasteiger partial charge in [0, 0.05) is 18.2 Å². The maximum Gasteiger partial charge on any atom is 0.253 e. The van der Waals surface area contributed by atoms with Crippen LogP contribution in [0, 0.1) is 0 Å². The highest BCUT2D eigenvalue weighted by molar-refractivity contribution is 7.80. The average Bonchev–Trinajstić information content (AvgIpc) is 2.63. The Morgan fingerprint density at radius 3 is 3.20 bits per heavy atom. The van der Waals surface area contributed by atoms with Gasteiger partial charge >= 0.3 is 0 Å². The van der Waals surface area contributed by atoms with Crippen molar-refractivity contribution in [3.8, 4) is 0 Å². The summed E-state index contributed by atoms with van der Waals surface area (Å²) in [5.74, 6) is 0. The molecule has 3 heterocycles. The van der Waals surface area contributed by atoms with Crippen LogP contribution in [0.2, 0.25) is 0 Å². The van der Waals surface area contributed by atoms with Crippen molar-refractivity contribution in [2.75, 3.05) is 13.1 Å². The summed E-state index contributed by atoms with van der Waals surface area (Å²) in [7, 11) is 0. The number of fused-ring (bicyclic) bond motifs is 3. The van der Waals surface area contributed by atoms with Crippen LogP contribution in [-0.4, -0.2) is 23.0 Å². The first kappa shape index (κ1) is 9.48. The molecule has 15 heavy (non-hydrogen) atoms. The molecular weight excluding hydrogens is 208 g/mol. The predicted octanol–water partition coefficient (Wildman–Crippen LogP) is 1.36. The number of hydrogen-bond acceptors (Lipinski definition) is 3. The smallest absolute Gasteiger partial charge is 0.253 e. The minimum Gasteiger partial charge on any atom is -0.317 e. The van der Waals surface area contributed by atoms with Gasteiger partial charge in [-0.1, -0.05) is 0 Å². The molecular formula is C11H14N2OS. The zero-order valence-corrected chi connectivity index (χ0v) is 9.39. The summed E-state index contributed by atoms with van der Waals surface area (Å²) in [6.07, 6.45) is 3.33. The van der Waals surface area contributed by atoms with E-state index in [0.717, 1.165) is 31.5 Å². The molecule has 80 valence electrons. The number of aromatic amines is 1. The Balaban J connectivity index is 2.17. The van der Waals surface area contributed by atoms with Gasteiger partial charge < -0.3 is 4.98 Å². The number of aromatic nitrogens is 1. The number of hydrogen-bond donors (Lipinski definition) is 2. The zero-order valence-electron chi connectivity index (χ0n) is 8.49. The largest absolute Gasteiger partial charge is 0.317 e. The highest BCUT2D eigenvalue weighted by Gasteiger charge is 2.33. The summed E-state index contributed by atoms with van der Waals surface area (Å²) in [4.78, 5) is 17.1. The Hall–Kier alpha value is -0.740. The molecule has 0 aliphatic carbocycles. The molecule has 2 aliphatic rings. The van der Waals surface area contributed by atoms with E-state index in [1.165, 1.54) is 12.0 Å². The molecule has 1 N–H and O–H groups in total. The number of nitrogens with one attached hydrogen (secondary N) is 1. The summed E-state index contributed by atoms with van der Waals surface area (Å²) in [5, 5.41) is 0.685. The number of thiol groups is 1. The van der Waals surface area contributed by atoms with Crippen molar-refractivity contribution in [2.45, 2.75) is 30.3 Å². The minimum absolute atomic E-state index is 0.0640. The van der Waals surface area contributed by atoms with Crippen molar-refractivity contribution in [3.05, 3.63) is 27.5 Å². The fourth-order valence-corrected chi connectivity index (χ4v) is 3.12. The second-order valence-corrected chi connectivity index (χ2v) is 4.85. The van der Waals surface area contributed by atoms with Crippen LogP contribution < -0.4 is 5.56 Å². The third-order valence-electron chi connectivity index (χ3n) is 3.51. The lowest BCUT2D eigenvalue weighted by atomic mass is 9.95. The van der Waals surface area contributed by atoms with Gasteiger partial charge in [0.05, 0.1) is 5.03 Å². The van der Waals surface area contributed by atoms with Gasteiger partial charge in [0.15, 0.2) is 0 Å². The van der Waals surface area contributed by atoms with Crippen molar-refractivity contribution in [2.24, 2.45) is 0 Å². The molecule has 1 unspecified atom stereocenters. The van der Waals surface area contributed by atoms with Gasteiger partial charge in [-0.05, 0) is 37.4 Å². The minimum atomic E-state index is 0.0640. The maximum absolute atomic E-state index is 11.9. The molecule has 3 rings (SSSR count). The van der Waals surface area contributed by atoms with E-state index in [4.69, 9.17) is 0 Å². The van der Waals surface area contributed by atoms with Crippen LogP contribution in [0.4, 0.5) is 0 Å². The van der Waals surface area contributed by atoms with Crippen LogP contribution in [0.25, 0.3) is 0 Å². The molecule has 1 aromatic rings. The van der Waals surface area contributed by atoms with E-state index >= 15 is 0 Å².